The van der Waals surface area contributed by atoms with E-state index in [1.54, 1.807) is 6.92 Å². The Morgan fingerprint density at radius 2 is 1.00 bits per heavy atom. The predicted molar refractivity (Wildman–Crippen MR) is 168 cm³/mol. The van der Waals surface area contributed by atoms with Crippen molar-refractivity contribution in [3.05, 3.63) is 0 Å². The van der Waals surface area contributed by atoms with E-state index in [1.807, 2.05) is 0 Å². The lowest BCUT2D eigenvalue weighted by atomic mass is 10.1. The Hall–Kier alpha value is -1.26. The molecule has 0 spiro atoms. The van der Waals surface area contributed by atoms with Crippen LogP contribution in [0.25, 0.3) is 0 Å². The van der Waals surface area contributed by atoms with Gasteiger partial charge in [-0.3, -0.25) is 9.59 Å². The summed E-state index contributed by atoms with van der Waals surface area (Å²) in [5, 5.41) is 16.2. The highest BCUT2D eigenvalue weighted by atomic mass is 16.6. The van der Waals surface area contributed by atoms with Gasteiger partial charge in [-0.05, 0) is 45.4 Å². The Labute approximate surface area is 257 Å². The zero-order valence-electron chi connectivity index (χ0n) is 27.4. The SMILES string of the molecule is C1CCOC1.C1COCCO1.CCCCCCCCC(=O)OCC(C)OC(=O)CCCCCCCC.OCCCCO. The average Bonchev–Trinajstić information content (AvgIpc) is 3.61. The van der Waals surface area contributed by atoms with Crippen LogP contribution in [0.15, 0.2) is 0 Å². The van der Waals surface area contributed by atoms with Gasteiger partial charge >= 0.3 is 11.9 Å². The van der Waals surface area contributed by atoms with Crippen LogP contribution in [0, 0.1) is 0 Å². The molecular weight excluding hydrogens is 540 g/mol. The zero-order chi connectivity index (χ0) is 31.4. The summed E-state index contributed by atoms with van der Waals surface area (Å²) in [6, 6.07) is 0. The number of unbranched alkanes of at least 4 members (excludes halogenated alkanes) is 11. The van der Waals surface area contributed by atoms with Gasteiger partial charge in [0, 0.05) is 39.3 Å². The first-order chi connectivity index (χ1) is 20.5. The van der Waals surface area contributed by atoms with Crippen molar-refractivity contribution in [2.45, 2.75) is 142 Å². The molecule has 0 amide bonds. The molecule has 9 nitrogen and oxygen atoms in total. The van der Waals surface area contributed by atoms with Crippen molar-refractivity contribution in [2.24, 2.45) is 0 Å². The highest BCUT2D eigenvalue weighted by Gasteiger charge is 2.12. The number of ether oxygens (including phenoxy) is 5. The van der Waals surface area contributed by atoms with Gasteiger partial charge in [-0.15, -0.1) is 0 Å². The van der Waals surface area contributed by atoms with Crippen LogP contribution in [0.5, 0.6) is 0 Å². The van der Waals surface area contributed by atoms with E-state index in [1.165, 1.54) is 64.2 Å². The Balaban J connectivity index is 0. The predicted octanol–water partition coefficient (Wildman–Crippen LogP) is 6.54. The van der Waals surface area contributed by atoms with Crippen LogP contribution >= 0.6 is 0 Å². The standard InChI is InChI=1S/C21H40O4.C4H8O2.C4H10O2.C4H8O/c1-4-6-8-10-12-14-16-20(22)24-18-19(3)25-21(23)17-15-13-11-9-7-5-2;1-2-6-4-3-5-1;5-3-1-2-4-6;1-2-4-5-3-1/h19H,4-18H2,1-3H3;1-4H2;5-6H,1-4H2;1-4H2. The Bertz CT molecular complexity index is 514. The summed E-state index contributed by atoms with van der Waals surface area (Å²) in [5.41, 5.74) is 0. The van der Waals surface area contributed by atoms with E-state index in [2.05, 4.69) is 13.8 Å². The van der Waals surface area contributed by atoms with E-state index in [0.717, 1.165) is 78.2 Å². The van der Waals surface area contributed by atoms with E-state index in [0.29, 0.717) is 12.8 Å². The van der Waals surface area contributed by atoms with E-state index in [9.17, 15) is 9.59 Å². The average molecular weight is 607 g/mol. The van der Waals surface area contributed by atoms with Crippen molar-refractivity contribution in [3.63, 3.8) is 0 Å². The van der Waals surface area contributed by atoms with Gasteiger partial charge in [0.05, 0.1) is 26.4 Å². The maximum Gasteiger partial charge on any atom is 0.306 e. The number of hydrogen-bond donors (Lipinski definition) is 2. The molecule has 2 saturated heterocycles. The second kappa shape index (κ2) is 37.8. The second-order valence-corrected chi connectivity index (χ2v) is 10.7. The summed E-state index contributed by atoms with van der Waals surface area (Å²) in [5.74, 6) is -0.371. The molecule has 0 aromatic heterocycles. The van der Waals surface area contributed by atoms with Crippen LogP contribution in [0.3, 0.4) is 0 Å². The van der Waals surface area contributed by atoms with E-state index < -0.39 is 0 Å². The maximum absolute atomic E-state index is 11.7. The molecule has 2 heterocycles. The molecule has 0 aromatic rings. The summed E-state index contributed by atoms with van der Waals surface area (Å²) in [6.45, 7) is 11.8. The Morgan fingerprint density at radius 1 is 0.595 bits per heavy atom. The summed E-state index contributed by atoms with van der Waals surface area (Å²) < 4.78 is 25.3. The molecule has 0 radical (unpaired) electrons. The van der Waals surface area contributed by atoms with Gasteiger partial charge in [0.25, 0.3) is 0 Å². The number of rotatable bonds is 20. The molecule has 0 aliphatic carbocycles. The van der Waals surface area contributed by atoms with Crippen molar-refractivity contribution in [1.29, 1.82) is 0 Å². The Morgan fingerprint density at radius 3 is 1.38 bits per heavy atom. The van der Waals surface area contributed by atoms with Crippen LogP contribution < -0.4 is 0 Å². The first kappa shape index (κ1) is 42.9. The van der Waals surface area contributed by atoms with Gasteiger partial charge in [-0.1, -0.05) is 78.1 Å². The van der Waals surface area contributed by atoms with Crippen molar-refractivity contribution in [3.8, 4) is 0 Å². The minimum atomic E-state index is -0.360. The molecule has 0 saturated carbocycles. The lowest BCUT2D eigenvalue weighted by molar-refractivity contribution is -0.158. The van der Waals surface area contributed by atoms with E-state index >= 15 is 0 Å². The molecule has 0 aromatic carbocycles. The van der Waals surface area contributed by atoms with Crippen LogP contribution in [0.1, 0.15) is 136 Å². The molecule has 2 N–H and O–H groups in total. The van der Waals surface area contributed by atoms with E-state index in [-0.39, 0.29) is 37.9 Å². The summed E-state index contributed by atoms with van der Waals surface area (Å²) in [6.07, 6.45) is 18.4. The second-order valence-electron chi connectivity index (χ2n) is 10.7. The highest BCUT2D eigenvalue weighted by Crippen LogP contribution is 2.10. The first-order valence-electron chi connectivity index (χ1n) is 16.8. The molecule has 2 rings (SSSR count). The highest BCUT2D eigenvalue weighted by molar-refractivity contribution is 5.70. The van der Waals surface area contributed by atoms with E-state index in [4.69, 9.17) is 33.9 Å². The maximum atomic E-state index is 11.7. The van der Waals surface area contributed by atoms with Crippen molar-refractivity contribution in [1.82, 2.24) is 0 Å². The molecule has 0 bridgehead atoms. The lowest BCUT2D eigenvalue weighted by Crippen LogP contribution is -2.22. The number of carbonyl (C=O) groups excluding carboxylic acids is 2. The van der Waals surface area contributed by atoms with Gasteiger partial charge in [-0.25, -0.2) is 0 Å². The fourth-order valence-corrected chi connectivity index (χ4v) is 3.87. The molecule has 1 unspecified atom stereocenters. The normalized spacial score (nSPS) is 14.7. The molecule has 2 aliphatic rings. The van der Waals surface area contributed by atoms with Crippen molar-refractivity contribution in [2.75, 3.05) is 59.5 Å². The minimum absolute atomic E-state index is 0.164. The number of hydrogen-bond acceptors (Lipinski definition) is 9. The summed E-state index contributed by atoms with van der Waals surface area (Å²) in [7, 11) is 0. The third-order valence-corrected chi connectivity index (χ3v) is 6.42. The van der Waals surface area contributed by atoms with Crippen LogP contribution in [0.4, 0.5) is 0 Å². The number of esters is 2. The lowest BCUT2D eigenvalue weighted by Gasteiger charge is -2.13. The third-order valence-electron chi connectivity index (χ3n) is 6.42. The number of aliphatic hydroxyl groups excluding tert-OH is 2. The van der Waals surface area contributed by atoms with Gasteiger partial charge in [0.1, 0.15) is 12.7 Å². The van der Waals surface area contributed by atoms with Crippen LogP contribution in [-0.4, -0.2) is 87.7 Å². The number of aliphatic hydroxyl groups is 2. The molecule has 9 heteroatoms. The Kier molecular flexibility index (Phi) is 38.5. The van der Waals surface area contributed by atoms with Crippen molar-refractivity contribution < 1.29 is 43.5 Å². The van der Waals surface area contributed by atoms with Gasteiger partial charge < -0.3 is 33.9 Å². The van der Waals surface area contributed by atoms with Gasteiger partial charge in [0.2, 0.25) is 0 Å². The fraction of sp³-hybridized carbons (Fsp3) is 0.939. The molecular formula is C33H66O9. The van der Waals surface area contributed by atoms with Crippen LogP contribution in [0.2, 0.25) is 0 Å². The quantitative estimate of drug-likeness (QED) is 0.117. The minimum Gasteiger partial charge on any atom is -0.462 e. The molecule has 252 valence electrons. The smallest absolute Gasteiger partial charge is 0.306 e. The van der Waals surface area contributed by atoms with Gasteiger partial charge in [-0.2, -0.15) is 0 Å². The zero-order valence-corrected chi connectivity index (χ0v) is 27.4. The third kappa shape index (κ3) is 38.7. The fourth-order valence-electron chi connectivity index (χ4n) is 3.87. The topological polar surface area (TPSA) is 121 Å². The first-order valence-corrected chi connectivity index (χ1v) is 16.8. The largest absolute Gasteiger partial charge is 0.462 e. The van der Waals surface area contributed by atoms with Gasteiger partial charge in [0.15, 0.2) is 0 Å². The molecule has 1 atom stereocenters. The van der Waals surface area contributed by atoms with Crippen LogP contribution in [-0.2, 0) is 33.3 Å². The monoisotopic (exact) mass is 606 g/mol. The molecule has 2 aliphatic heterocycles. The number of carbonyl (C=O) groups is 2. The van der Waals surface area contributed by atoms with Crippen molar-refractivity contribution >= 4 is 11.9 Å². The summed E-state index contributed by atoms with van der Waals surface area (Å²) >= 11 is 0. The molecule has 2 fully saturated rings. The summed E-state index contributed by atoms with van der Waals surface area (Å²) in [4.78, 5) is 23.4. The molecule has 42 heavy (non-hydrogen) atoms.